The van der Waals surface area contributed by atoms with Crippen molar-refractivity contribution in [2.24, 2.45) is 4.99 Å². The molecule has 2 heterocycles. The van der Waals surface area contributed by atoms with Crippen molar-refractivity contribution in [3.05, 3.63) is 83.9 Å². The second-order valence-electron chi connectivity index (χ2n) is 5.54. The van der Waals surface area contributed by atoms with Gasteiger partial charge in [0, 0.05) is 24.7 Å². The molecule has 0 saturated carbocycles. The molecule has 1 aromatic heterocycles. The van der Waals surface area contributed by atoms with Gasteiger partial charge in [-0.25, -0.2) is 9.98 Å². The lowest BCUT2D eigenvalue weighted by molar-refractivity contribution is 0.757. The standard InChI is InChI=1S/C19H17N3S2/c1-2-6-15(7-3-1)12-22-11-10-20-18(22)14-24-19-21-17-9-5-4-8-16(17)13-23-19/h1-11H,12-14H2. The molecule has 5 heteroatoms. The smallest absolute Gasteiger partial charge is 0.131 e. The third kappa shape index (κ3) is 3.57. The summed E-state index contributed by atoms with van der Waals surface area (Å²) in [6.45, 7) is 0.860. The molecule has 0 unspecified atom stereocenters. The van der Waals surface area contributed by atoms with E-state index in [0.717, 1.165) is 33.9 Å². The van der Waals surface area contributed by atoms with Gasteiger partial charge in [0.2, 0.25) is 0 Å². The Morgan fingerprint density at radius 1 is 1.04 bits per heavy atom. The van der Waals surface area contributed by atoms with E-state index in [4.69, 9.17) is 4.99 Å². The molecular weight excluding hydrogens is 334 g/mol. The third-order valence-electron chi connectivity index (χ3n) is 3.88. The van der Waals surface area contributed by atoms with Crippen LogP contribution >= 0.6 is 23.5 Å². The Balaban J connectivity index is 1.44. The van der Waals surface area contributed by atoms with E-state index in [1.165, 1.54) is 11.1 Å². The van der Waals surface area contributed by atoms with Gasteiger partial charge in [-0.15, -0.1) is 0 Å². The first-order chi connectivity index (χ1) is 11.9. The van der Waals surface area contributed by atoms with Gasteiger partial charge in [-0.1, -0.05) is 72.1 Å². The van der Waals surface area contributed by atoms with Crippen LogP contribution in [0.15, 0.2) is 72.0 Å². The van der Waals surface area contributed by atoms with Gasteiger partial charge < -0.3 is 4.57 Å². The van der Waals surface area contributed by atoms with E-state index in [-0.39, 0.29) is 0 Å². The molecule has 0 amide bonds. The molecule has 3 aromatic rings. The van der Waals surface area contributed by atoms with Crippen LogP contribution in [0, 0.1) is 0 Å². The van der Waals surface area contributed by atoms with Crippen molar-refractivity contribution in [1.82, 2.24) is 9.55 Å². The van der Waals surface area contributed by atoms with Gasteiger partial charge in [-0.3, -0.25) is 0 Å². The number of rotatable bonds is 4. The van der Waals surface area contributed by atoms with Crippen LogP contribution in [-0.2, 0) is 18.1 Å². The highest BCUT2D eigenvalue weighted by molar-refractivity contribution is 8.38. The largest absolute Gasteiger partial charge is 0.330 e. The van der Waals surface area contributed by atoms with Gasteiger partial charge in [-0.05, 0) is 17.2 Å². The Kier molecular flexibility index (Phi) is 4.71. The Labute approximate surface area is 150 Å². The van der Waals surface area contributed by atoms with Crippen LogP contribution in [0.5, 0.6) is 0 Å². The molecule has 0 N–H and O–H groups in total. The third-order valence-corrected chi connectivity index (χ3v) is 6.12. The fourth-order valence-electron chi connectivity index (χ4n) is 2.62. The second-order valence-corrected chi connectivity index (χ2v) is 7.73. The van der Waals surface area contributed by atoms with Gasteiger partial charge in [0.25, 0.3) is 0 Å². The fraction of sp³-hybridized carbons (Fsp3) is 0.158. The van der Waals surface area contributed by atoms with Crippen molar-refractivity contribution >= 4 is 33.6 Å². The summed E-state index contributed by atoms with van der Waals surface area (Å²) in [5.41, 5.74) is 3.71. The van der Waals surface area contributed by atoms with E-state index in [0.29, 0.717) is 0 Å². The molecule has 1 aliphatic heterocycles. The SMILES string of the molecule is c1ccc(Cn2ccnc2CSC2=Nc3ccccc3CS2)cc1. The Bertz CT molecular complexity index is 856. The van der Waals surface area contributed by atoms with E-state index < -0.39 is 0 Å². The predicted octanol–water partition coefficient (Wildman–Crippen LogP) is 5.10. The second kappa shape index (κ2) is 7.28. The van der Waals surface area contributed by atoms with Crippen molar-refractivity contribution in [1.29, 1.82) is 0 Å². The van der Waals surface area contributed by atoms with E-state index >= 15 is 0 Å². The summed E-state index contributed by atoms with van der Waals surface area (Å²) in [7, 11) is 0. The average molecular weight is 352 g/mol. The van der Waals surface area contributed by atoms with Crippen LogP contribution in [0.25, 0.3) is 0 Å². The quantitative estimate of drug-likeness (QED) is 0.655. The maximum atomic E-state index is 4.76. The Morgan fingerprint density at radius 3 is 2.79 bits per heavy atom. The van der Waals surface area contributed by atoms with Crippen LogP contribution in [0.1, 0.15) is 17.0 Å². The first-order valence-corrected chi connectivity index (χ1v) is 9.82. The summed E-state index contributed by atoms with van der Waals surface area (Å²) >= 11 is 3.59. The predicted molar refractivity (Wildman–Crippen MR) is 104 cm³/mol. The molecule has 24 heavy (non-hydrogen) atoms. The van der Waals surface area contributed by atoms with Crippen molar-refractivity contribution in [2.45, 2.75) is 18.1 Å². The van der Waals surface area contributed by atoms with Crippen LogP contribution in [0.2, 0.25) is 0 Å². The van der Waals surface area contributed by atoms with Crippen LogP contribution in [-0.4, -0.2) is 13.9 Å². The number of para-hydroxylation sites is 1. The maximum Gasteiger partial charge on any atom is 0.131 e. The van der Waals surface area contributed by atoms with Gasteiger partial charge in [0.15, 0.2) is 0 Å². The first-order valence-electron chi connectivity index (χ1n) is 7.84. The minimum Gasteiger partial charge on any atom is -0.330 e. The van der Waals surface area contributed by atoms with Gasteiger partial charge in [0.05, 0.1) is 11.4 Å². The highest BCUT2D eigenvalue weighted by atomic mass is 32.2. The summed E-state index contributed by atoms with van der Waals surface area (Å²) in [6, 6.07) is 18.9. The number of hydrogen-bond donors (Lipinski definition) is 0. The minimum atomic E-state index is 0.841. The molecular formula is C19H17N3S2. The lowest BCUT2D eigenvalue weighted by atomic mass is 10.2. The first kappa shape index (κ1) is 15.5. The number of imidazole rings is 1. The number of aromatic nitrogens is 2. The highest BCUT2D eigenvalue weighted by Crippen LogP contribution is 2.35. The number of fused-ring (bicyclic) bond motifs is 1. The Morgan fingerprint density at radius 2 is 1.88 bits per heavy atom. The molecule has 0 radical (unpaired) electrons. The minimum absolute atomic E-state index is 0.841. The summed E-state index contributed by atoms with van der Waals surface area (Å²) in [5, 5.41) is 0. The monoisotopic (exact) mass is 351 g/mol. The zero-order valence-corrected chi connectivity index (χ0v) is 14.8. The van der Waals surface area contributed by atoms with Gasteiger partial charge in [-0.2, -0.15) is 0 Å². The normalized spacial score (nSPS) is 13.4. The molecule has 4 rings (SSSR count). The number of hydrogen-bond acceptors (Lipinski definition) is 4. The van der Waals surface area contributed by atoms with Crippen molar-refractivity contribution in [3.8, 4) is 0 Å². The molecule has 3 nitrogen and oxygen atoms in total. The summed E-state index contributed by atoms with van der Waals surface area (Å²) < 4.78 is 3.34. The van der Waals surface area contributed by atoms with E-state index in [1.54, 1.807) is 11.8 Å². The molecule has 0 saturated heterocycles. The highest BCUT2D eigenvalue weighted by Gasteiger charge is 2.13. The average Bonchev–Trinajstić information content (AvgIpc) is 3.08. The summed E-state index contributed by atoms with van der Waals surface area (Å²) in [6.07, 6.45) is 3.93. The van der Waals surface area contributed by atoms with E-state index in [9.17, 15) is 0 Å². The fourth-order valence-corrected chi connectivity index (χ4v) is 4.65. The molecule has 0 atom stereocenters. The summed E-state index contributed by atoms with van der Waals surface area (Å²) in [4.78, 5) is 9.28. The number of aliphatic imine (C=N–C) groups is 1. The molecule has 0 fully saturated rings. The molecule has 0 aliphatic carbocycles. The molecule has 2 aromatic carbocycles. The zero-order valence-electron chi connectivity index (χ0n) is 13.1. The number of thioether (sulfide) groups is 2. The molecule has 0 spiro atoms. The molecule has 1 aliphatic rings. The van der Waals surface area contributed by atoms with Crippen molar-refractivity contribution in [3.63, 3.8) is 0 Å². The zero-order chi connectivity index (χ0) is 16.2. The van der Waals surface area contributed by atoms with Crippen LogP contribution in [0.3, 0.4) is 0 Å². The molecule has 120 valence electrons. The maximum absolute atomic E-state index is 4.76. The summed E-state index contributed by atoms with van der Waals surface area (Å²) in [5.74, 6) is 2.93. The van der Waals surface area contributed by atoms with Crippen molar-refractivity contribution in [2.75, 3.05) is 0 Å². The van der Waals surface area contributed by atoms with Crippen molar-refractivity contribution < 1.29 is 0 Å². The lowest BCUT2D eigenvalue weighted by Gasteiger charge is -2.14. The number of benzene rings is 2. The topological polar surface area (TPSA) is 30.2 Å². The van der Waals surface area contributed by atoms with Crippen LogP contribution in [0.4, 0.5) is 5.69 Å². The lowest BCUT2D eigenvalue weighted by Crippen LogP contribution is -2.04. The van der Waals surface area contributed by atoms with Gasteiger partial charge in [0.1, 0.15) is 10.2 Å². The van der Waals surface area contributed by atoms with Crippen LogP contribution < -0.4 is 0 Å². The molecule has 0 bridgehead atoms. The Hall–Kier alpha value is -1.98. The number of nitrogens with zero attached hydrogens (tertiary/aromatic N) is 3. The van der Waals surface area contributed by atoms with E-state index in [2.05, 4.69) is 52.0 Å². The van der Waals surface area contributed by atoms with E-state index in [1.807, 2.05) is 36.3 Å². The van der Waals surface area contributed by atoms with Gasteiger partial charge >= 0.3 is 0 Å².